The van der Waals surface area contributed by atoms with Gasteiger partial charge in [-0.25, -0.2) is 0 Å². The summed E-state index contributed by atoms with van der Waals surface area (Å²) in [6, 6.07) is -0.397. The van der Waals surface area contributed by atoms with E-state index in [0.29, 0.717) is 0 Å². The van der Waals surface area contributed by atoms with Crippen LogP contribution in [0, 0.1) is 0 Å². The Hall–Kier alpha value is -1.09. The number of hydrogen-bond acceptors (Lipinski definition) is 2. The summed E-state index contributed by atoms with van der Waals surface area (Å²) in [6.45, 7) is 8.85. The van der Waals surface area contributed by atoms with Crippen molar-refractivity contribution in [3.05, 3.63) is 25.3 Å². The van der Waals surface area contributed by atoms with Crippen molar-refractivity contribution in [3.8, 4) is 0 Å². The maximum Gasteiger partial charge on any atom is 0.320 e. The van der Waals surface area contributed by atoms with Crippen molar-refractivity contribution in [2.75, 3.05) is 0 Å². The molecule has 0 amide bonds. The molecule has 0 aromatic carbocycles. The Bertz CT molecular complexity index is 179. The minimum absolute atomic E-state index is 0.126. The van der Waals surface area contributed by atoms with Gasteiger partial charge in [0.2, 0.25) is 0 Å². The second kappa shape index (κ2) is 6.43. The third-order valence-corrected chi connectivity index (χ3v) is 1.76. The highest BCUT2D eigenvalue weighted by atomic mass is 16.4. The van der Waals surface area contributed by atoms with Gasteiger partial charge in [-0.3, -0.25) is 4.79 Å². The Labute approximate surface area is 79.2 Å². The lowest BCUT2D eigenvalue weighted by molar-refractivity contribution is -0.139. The Morgan fingerprint density at radius 1 is 1.46 bits per heavy atom. The molecular formula is C10H17NO2. The number of carboxylic acids is 1. The lowest BCUT2D eigenvalue weighted by Crippen LogP contribution is -2.40. The van der Waals surface area contributed by atoms with Crippen molar-refractivity contribution in [2.24, 2.45) is 0 Å². The van der Waals surface area contributed by atoms with Crippen LogP contribution in [0.3, 0.4) is 0 Å². The Morgan fingerprint density at radius 2 is 1.92 bits per heavy atom. The van der Waals surface area contributed by atoms with Gasteiger partial charge >= 0.3 is 5.97 Å². The molecule has 2 N–H and O–H groups in total. The first-order chi connectivity index (χ1) is 6.11. The molecule has 3 nitrogen and oxygen atoms in total. The van der Waals surface area contributed by atoms with Gasteiger partial charge in [0, 0.05) is 6.04 Å². The predicted molar refractivity (Wildman–Crippen MR) is 53.6 cm³/mol. The van der Waals surface area contributed by atoms with Crippen LogP contribution in [0.2, 0.25) is 0 Å². The van der Waals surface area contributed by atoms with E-state index in [1.165, 1.54) is 0 Å². The molecule has 0 bridgehead atoms. The van der Waals surface area contributed by atoms with E-state index in [2.05, 4.69) is 18.5 Å². The van der Waals surface area contributed by atoms with E-state index in [1.54, 1.807) is 19.1 Å². The van der Waals surface area contributed by atoms with E-state index in [9.17, 15) is 4.79 Å². The molecule has 0 aliphatic carbocycles. The Kier molecular flexibility index (Phi) is 5.89. The maximum atomic E-state index is 10.5. The first-order valence-electron chi connectivity index (χ1n) is 4.32. The third-order valence-electron chi connectivity index (χ3n) is 1.76. The number of carboxylic acid groups (broad SMARTS) is 1. The van der Waals surface area contributed by atoms with E-state index in [0.717, 1.165) is 12.8 Å². The topological polar surface area (TPSA) is 49.3 Å². The van der Waals surface area contributed by atoms with Crippen molar-refractivity contribution in [3.63, 3.8) is 0 Å². The molecule has 0 aliphatic heterocycles. The van der Waals surface area contributed by atoms with Crippen LogP contribution in [0.4, 0.5) is 0 Å². The van der Waals surface area contributed by atoms with Gasteiger partial charge in [-0.1, -0.05) is 12.2 Å². The van der Waals surface area contributed by atoms with Gasteiger partial charge in [0.25, 0.3) is 0 Å². The standard InChI is InChI=1S/C10H17NO2/c1-4-6-9(7-5-2)11-8(3)10(12)13/h4-5,8-9,11H,1-2,6-7H2,3H3,(H,12,13). The normalized spacial score (nSPS) is 12.5. The van der Waals surface area contributed by atoms with E-state index in [4.69, 9.17) is 5.11 Å². The smallest absolute Gasteiger partial charge is 0.320 e. The number of carbonyl (C=O) groups is 1. The highest BCUT2D eigenvalue weighted by Crippen LogP contribution is 2.01. The summed E-state index contributed by atoms with van der Waals surface area (Å²) in [5.74, 6) is -0.835. The zero-order valence-corrected chi connectivity index (χ0v) is 7.99. The number of rotatable bonds is 7. The molecule has 0 rings (SSSR count). The predicted octanol–water partition coefficient (Wildman–Crippen LogP) is 1.57. The fraction of sp³-hybridized carbons (Fsp3) is 0.500. The fourth-order valence-corrected chi connectivity index (χ4v) is 1.06. The van der Waals surface area contributed by atoms with Crippen LogP contribution in [-0.4, -0.2) is 23.2 Å². The highest BCUT2D eigenvalue weighted by Gasteiger charge is 2.14. The zero-order chi connectivity index (χ0) is 10.3. The molecule has 0 fully saturated rings. The number of aliphatic carboxylic acids is 1. The van der Waals surface area contributed by atoms with Crippen molar-refractivity contribution >= 4 is 5.97 Å². The van der Waals surface area contributed by atoms with Crippen LogP contribution in [-0.2, 0) is 4.79 Å². The van der Waals surface area contributed by atoms with Crippen molar-refractivity contribution in [1.29, 1.82) is 0 Å². The van der Waals surface area contributed by atoms with Crippen LogP contribution in [0.15, 0.2) is 25.3 Å². The van der Waals surface area contributed by atoms with Gasteiger partial charge in [-0.15, -0.1) is 13.2 Å². The molecule has 0 radical (unpaired) electrons. The van der Waals surface area contributed by atoms with Gasteiger partial charge < -0.3 is 10.4 Å². The van der Waals surface area contributed by atoms with E-state index in [1.807, 2.05) is 0 Å². The Morgan fingerprint density at radius 3 is 2.23 bits per heavy atom. The largest absolute Gasteiger partial charge is 0.480 e. The van der Waals surface area contributed by atoms with Gasteiger partial charge in [0.15, 0.2) is 0 Å². The molecule has 74 valence electrons. The quantitative estimate of drug-likeness (QED) is 0.589. The second-order valence-electron chi connectivity index (χ2n) is 2.97. The lowest BCUT2D eigenvalue weighted by Gasteiger charge is -2.18. The first kappa shape index (κ1) is 11.9. The molecule has 1 atom stereocenters. The number of nitrogens with one attached hydrogen (secondary N) is 1. The van der Waals surface area contributed by atoms with Crippen LogP contribution in [0.25, 0.3) is 0 Å². The minimum Gasteiger partial charge on any atom is -0.480 e. The van der Waals surface area contributed by atoms with Crippen molar-refractivity contribution in [2.45, 2.75) is 31.8 Å². The van der Waals surface area contributed by atoms with Crippen LogP contribution < -0.4 is 5.32 Å². The van der Waals surface area contributed by atoms with Crippen molar-refractivity contribution < 1.29 is 9.90 Å². The molecule has 0 aromatic heterocycles. The summed E-state index contributed by atoms with van der Waals surface area (Å²) in [7, 11) is 0. The minimum atomic E-state index is -0.835. The summed E-state index contributed by atoms with van der Waals surface area (Å²) in [6.07, 6.45) is 5.05. The van der Waals surface area contributed by atoms with E-state index >= 15 is 0 Å². The van der Waals surface area contributed by atoms with Crippen LogP contribution >= 0.6 is 0 Å². The molecule has 0 aliphatic rings. The maximum absolute atomic E-state index is 10.5. The van der Waals surface area contributed by atoms with E-state index < -0.39 is 12.0 Å². The molecule has 0 saturated heterocycles. The molecular weight excluding hydrogens is 166 g/mol. The third kappa shape index (κ3) is 5.20. The van der Waals surface area contributed by atoms with Gasteiger partial charge in [-0.05, 0) is 19.8 Å². The summed E-state index contributed by atoms with van der Waals surface area (Å²) in [5, 5.41) is 11.6. The highest BCUT2D eigenvalue weighted by molar-refractivity contribution is 5.72. The lowest BCUT2D eigenvalue weighted by atomic mass is 10.1. The molecule has 3 heteroatoms. The van der Waals surface area contributed by atoms with Crippen LogP contribution in [0.5, 0.6) is 0 Å². The molecule has 0 aromatic rings. The Balaban J connectivity index is 3.99. The number of hydrogen-bond donors (Lipinski definition) is 2. The average molecular weight is 183 g/mol. The zero-order valence-electron chi connectivity index (χ0n) is 7.99. The average Bonchev–Trinajstić information content (AvgIpc) is 2.05. The summed E-state index contributed by atoms with van der Waals surface area (Å²) in [5.41, 5.74) is 0. The first-order valence-corrected chi connectivity index (χ1v) is 4.32. The second-order valence-corrected chi connectivity index (χ2v) is 2.97. The summed E-state index contributed by atoms with van der Waals surface area (Å²) < 4.78 is 0. The van der Waals surface area contributed by atoms with Gasteiger partial charge in [-0.2, -0.15) is 0 Å². The summed E-state index contributed by atoms with van der Waals surface area (Å²) >= 11 is 0. The van der Waals surface area contributed by atoms with Crippen molar-refractivity contribution in [1.82, 2.24) is 5.32 Å². The van der Waals surface area contributed by atoms with Gasteiger partial charge in [0.1, 0.15) is 6.04 Å². The van der Waals surface area contributed by atoms with E-state index in [-0.39, 0.29) is 6.04 Å². The monoisotopic (exact) mass is 183 g/mol. The molecule has 0 spiro atoms. The molecule has 13 heavy (non-hydrogen) atoms. The van der Waals surface area contributed by atoms with Gasteiger partial charge in [0.05, 0.1) is 0 Å². The van der Waals surface area contributed by atoms with Crippen LogP contribution in [0.1, 0.15) is 19.8 Å². The molecule has 0 saturated carbocycles. The summed E-state index contributed by atoms with van der Waals surface area (Å²) in [4.78, 5) is 10.5. The molecule has 1 unspecified atom stereocenters. The molecule has 0 heterocycles. The SMILES string of the molecule is C=CCC(CC=C)NC(C)C(=O)O. The fourth-order valence-electron chi connectivity index (χ4n) is 1.06.